The molecule has 0 amide bonds. The zero-order valence-corrected chi connectivity index (χ0v) is 15.8. The van der Waals surface area contributed by atoms with Gasteiger partial charge in [-0.2, -0.15) is 5.10 Å². The van der Waals surface area contributed by atoms with Crippen molar-refractivity contribution in [1.82, 2.24) is 29.2 Å². The highest BCUT2D eigenvalue weighted by Gasteiger charge is 2.20. The van der Waals surface area contributed by atoms with Gasteiger partial charge in [0, 0.05) is 45.6 Å². The van der Waals surface area contributed by atoms with E-state index in [-0.39, 0.29) is 5.82 Å². The molecule has 3 heterocycles. The second kappa shape index (κ2) is 7.53. The first-order valence-electron chi connectivity index (χ1n) is 8.75. The second-order valence-corrected chi connectivity index (χ2v) is 6.82. The van der Waals surface area contributed by atoms with Gasteiger partial charge in [-0.25, -0.2) is 14.1 Å². The van der Waals surface area contributed by atoms with Gasteiger partial charge in [0.25, 0.3) is 0 Å². The molecule has 4 rings (SSSR count). The Hall–Kier alpha value is -2.65. The summed E-state index contributed by atoms with van der Waals surface area (Å²) in [5, 5.41) is 4.57. The Kier molecular flexibility index (Phi) is 4.95. The van der Waals surface area contributed by atoms with Crippen LogP contribution < -0.4 is 4.90 Å². The topological polar surface area (TPSA) is 55.0 Å². The molecular weight excluding hydrogens is 365 g/mol. The number of benzene rings is 1. The molecule has 3 aromatic rings. The average molecular weight is 385 g/mol. The van der Waals surface area contributed by atoms with Crippen molar-refractivity contribution in [3.8, 4) is 11.4 Å². The van der Waals surface area contributed by atoms with Gasteiger partial charge in [0.05, 0.1) is 18.4 Å². The van der Waals surface area contributed by atoms with E-state index in [1.165, 1.54) is 6.07 Å². The van der Waals surface area contributed by atoms with Gasteiger partial charge in [0.15, 0.2) is 10.6 Å². The maximum Gasteiger partial charge on any atom is 0.199 e. The van der Waals surface area contributed by atoms with Crippen molar-refractivity contribution in [3.63, 3.8) is 0 Å². The fraction of sp³-hybridized carbons (Fsp3) is 0.333. The van der Waals surface area contributed by atoms with Gasteiger partial charge in [-0.1, -0.05) is 12.1 Å². The highest BCUT2D eigenvalue weighted by atomic mass is 32.1. The van der Waals surface area contributed by atoms with E-state index in [9.17, 15) is 4.39 Å². The van der Waals surface area contributed by atoms with Crippen molar-refractivity contribution >= 4 is 18.0 Å². The maximum atomic E-state index is 14.1. The van der Waals surface area contributed by atoms with E-state index < -0.39 is 0 Å². The number of rotatable bonds is 4. The first-order valence-corrected chi connectivity index (χ1v) is 9.16. The summed E-state index contributed by atoms with van der Waals surface area (Å²) in [6, 6.07) is 6.62. The van der Waals surface area contributed by atoms with Gasteiger partial charge in [-0.05, 0) is 24.4 Å². The quantitative estimate of drug-likeness (QED) is 0.643. The van der Waals surface area contributed by atoms with Gasteiger partial charge in [-0.3, -0.25) is 9.88 Å². The lowest BCUT2D eigenvalue weighted by atomic mass is 10.2. The van der Waals surface area contributed by atoms with E-state index in [0.717, 1.165) is 32.0 Å². The Morgan fingerprint density at radius 1 is 1.11 bits per heavy atom. The lowest BCUT2D eigenvalue weighted by Gasteiger charge is -2.34. The summed E-state index contributed by atoms with van der Waals surface area (Å²) in [6.07, 6.45) is 5.17. The van der Waals surface area contributed by atoms with Gasteiger partial charge < -0.3 is 9.47 Å². The molecule has 1 aromatic carbocycles. The number of nitrogens with zero attached hydrogens (tertiary/aromatic N) is 7. The molecule has 0 spiro atoms. The summed E-state index contributed by atoms with van der Waals surface area (Å²) in [5.41, 5.74) is 0.456. The number of hydrogen-bond donors (Lipinski definition) is 0. The molecule has 1 aliphatic heterocycles. The molecule has 0 saturated carbocycles. The molecule has 1 saturated heterocycles. The lowest BCUT2D eigenvalue weighted by Crippen LogP contribution is -2.47. The van der Waals surface area contributed by atoms with Crippen LogP contribution in [0.4, 0.5) is 10.2 Å². The molecule has 1 fully saturated rings. The van der Waals surface area contributed by atoms with Crippen LogP contribution in [0.5, 0.6) is 0 Å². The highest BCUT2D eigenvalue weighted by molar-refractivity contribution is 7.71. The third kappa shape index (κ3) is 3.60. The molecule has 0 unspecified atom stereocenters. The second-order valence-electron chi connectivity index (χ2n) is 6.45. The van der Waals surface area contributed by atoms with Gasteiger partial charge >= 0.3 is 0 Å². The summed E-state index contributed by atoms with van der Waals surface area (Å²) < 4.78 is 18.2. The summed E-state index contributed by atoms with van der Waals surface area (Å²) in [5.74, 6) is 1.13. The molecule has 7 nitrogen and oxygen atoms in total. The molecule has 2 aromatic heterocycles. The van der Waals surface area contributed by atoms with Crippen LogP contribution in [0.1, 0.15) is 0 Å². The summed E-state index contributed by atoms with van der Waals surface area (Å²) in [6.45, 7) is 4.03. The van der Waals surface area contributed by atoms with Crippen molar-refractivity contribution in [1.29, 1.82) is 0 Å². The summed E-state index contributed by atoms with van der Waals surface area (Å²) >= 11 is 5.51. The van der Waals surface area contributed by atoms with Gasteiger partial charge in [0.2, 0.25) is 0 Å². The molecular formula is C18H20FN7S. The smallest absolute Gasteiger partial charge is 0.199 e. The van der Waals surface area contributed by atoms with Crippen LogP contribution in [0.3, 0.4) is 0 Å². The third-order valence-corrected chi connectivity index (χ3v) is 5.22. The standard InChI is InChI=1S/C18H20FN7S/c1-23-17(14-4-2-3-5-15(14)19)22-26(18(23)27)13-24-8-10-25(11-9-24)16-12-20-6-7-21-16/h2-7,12H,8-11,13H2,1H3. The normalized spacial score (nSPS) is 15.3. The van der Waals surface area contributed by atoms with Gasteiger partial charge in [0.1, 0.15) is 11.6 Å². The average Bonchev–Trinajstić information content (AvgIpc) is 2.98. The number of anilines is 1. The number of hydrogen-bond acceptors (Lipinski definition) is 6. The van der Waals surface area contributed by atoms with Crippen LogP contribution in [0.15, 0.2) is 42.9 Å². The van der Waals surface area contributed by atoms with Crippen LogP contribution in [0, 0.1) is 10.6 Å². The minimum atomic E-state index is -0.301. The Morgan fingerprint density at radius 3 is 2.59 bits per heavy atom. The number of piperazine rings is 1. The predicted octanol–water partition coefficient (Wildman–Crippen LogP) is 2.33. The number of halogens is 1. The van der Waals surface area contributed by atoms with E-state index in [2.05, 4.69) is 24.9 Å². The van der Waals surface area contributed by atoms with E-state index in [1.807, 2.05) is 7.05 Å². The van der Waals surface area contributed by atoms with Gasteiger partial charge in [-0.15, -0.1) is 0 Å². The van der Waals surface area contributed by atoms with E-state index in [4.69, 9.17) is 12.2 Å². The van der Waals surface area contributed by atoms with Crippen molar-refractivity contribution in [2.24, 2.45) is 7.05 Å². The molecule has 9 heteroatoms. The van der Waals surface area contributed by atoms with Crippen molar-refractivity contribution in [3.05, 3.63) is 53.4 Å². The highest BCUT2D eigenvalue weighted by Crippen LogP contribution is 2.21. The maximum absolute atomic E-state index is 14.1. The minimum absolute atomic E-state index is 0.301. The largest absolute Gasteiger partial charge is 0.353 e. The molecule has 0 aliphatic carbocycles. The van der Waals surface area contributed by atoms with Crippen LogP contribution in [0.2, 0.25) is 0 Å². The molecule has 0 radical (unpaired) electrons. The van der Waals surface area contributed by atoms with E-state index >= 15 is 0 Å². The van der Waals surface area contributed by atoms with E-state index in [0.29, 0.717) is 22.8 Å². The molecule has 27 heavy (non-hydrogen) atoms. The molecule has 0 bridgehead atoms. The van der Waals surface area contributed by atoms with Crippen molar-refractivity contribution in [2.45, 2.75) is 6.67 Å². The monoisotopic (exact) mass is 385 g/mol. The van der Waals surface area contributed by atoms with Crippen molar-refractivity contribution < 1.29 is 4.39 Å². The Morgan fingerprint density at radius 2 is 1.89 bits per heavy atom. The fourth-order valence-electron chi connectivity index (χ4n) is 3.22. The van der Waals surface area contributed by atoms with Crippen LogP contribution in [-0.2, 0) is 13.7 Å². The van der Waals surface area contributed by atoms with E-state index in [1.54, 1.807) is 46.0 Å². The van der Waals surface area contributed by atoms with Crippen LogP contribution in [-0.4, -0.2) is 55.4 Å². The third-order valence-electron chi connectivity index (χ3n) is 4.74. The molecule has 140 valence electrons. The first-order chi connectivity index (χ1) is 13.1. The minimum Gasteiger partial charge on any atom is -0.353 e. The molecule has 1 aliphatic rings. The Bertz CT molecular complexity index is 977. The molecule has 0 N–H and O–H groups in total. The summed E-state index contributed by atoms with van der Waals surface area (Å²) in [7, 11) is 1.82. The van der Waals surface area contributed by atoms with Crippen LogP contribution >= 0.6 is 12.2 Å². The van der Waals surface area contributed by atoms with Crippen molar-refractivity contribution in [2.75, 3.05) is 31.1 Å². The van der Waals surface area contributed by atoms with Crippen LogP contribution in [0.25, 0.3) is 11.4 Å². The molecule has 0 atom stereocenters. The zero-order valence-electron chi connectivity index (χ0n) is 15.0. The summed E-state index contributed by atoms with van der Waals surface area (Å²) in [4.78, 5) is 13.0. The SMILES string of the molecule is Cn1c(-c2ccccc2F)nn(CN2CCN(c3cnccn3)CC2)c1=S. The fourth-order valence-corrected chi connectivity index (χ4v) is 3.40. The number of aromatic nitrogens is 5. The Balaban J connectivity index is 1.47. The predicted molar refractivity (Wildman–Crippen MR) is 103 cm³/mol. The lowest BCUT2D eigenvalue weighted by molar-refractivity contribution is 0.194. The Labute approximate surface area is 161 Å². The first kappa shape index (κ1) is 17.7. The zero-order chi connectivity index (χ0) is 18.8.